The van der Waals surface area contributed by atoms with Crippen LogP contribution in [0.3, 0.4) is 0 Å². The van der Waals surface area contributed by atoms with Crippen LogP contribution < -0.4 is 0 Å². The van der Waals surface area contributed by atoms with E-state index in [1.54, 1.807) is 0 Å². The molecule has 0 aliphatic heterocycles. The van der Waals surface area contributed by atoms with Gasteiger partial charge in [-0.2, -0.15) is 0 Å². The van der Waals surface area contributed by atoms with Crippen LogP contribution in [0.1, 0.15) is 67.6 Å². The van der Waals surface area contributed by atoms with Gasteiger partial charge in [0.1, 0.15) is 0 Å². The standard InChI is InChI=1S/C27H34O3/c1-2-27(29)30-19-7-11-25-20-26(17-16-22(25)10-6-18-28)24-14-12-23(13-15-24)21-8-4-3-5-9-21/h2,12-17,20-21,28H,1,3-11,18-19H2. The maximum Gasteiger partial charge on any atom is 0.330 e. The first-order valence-electron chi connectivity index (χ1n) is 11.3. The molecular weight excluding hydrogens is 372 g/mol. The van der Waals surface area contributed by atoms with Gasteiger partial charge >= 0.3 is 5.97 Å². The van der Waals surface area contributed by atoms with Crippen molar-refractivity contribution in [2.45, 2.75) is 63.7 Å². The fourth-order valence-corrected chi connectivity index (χ4v) is 4.43. The molecule has 1 fully saturated rings. The zero-order valence-corrected chi connectivity index (χ0v) is 17.9. The Morgan fingerprint density at radius 3 is 2.37 bits per heavy atom. The van der Waals surface area contributed by atoms with Gasteiger partial charge in [-0.15, -0.1) is 0 Å². The molecule has 1 aliphatic rings. The summed E-state index contributed by atoms with van der Waals surface area (Å²) in [7, 11) is 0. The van der Waals surface area contributed by atoms with E-state index < -0.39 is 0 Å². The summed E-state index contributed by atoms with van der Waals surface area (Å²) in [6, 6.07) is 15.7. The molecular formula is C27H34O3. The van der Waals surface area contributed by atoms with E-state index >= 15 is 0 Å². The van der Waals surface area contributed by atoms with Crippen molar-refractivity contribution in [2.75, 3.05) is 13.2 Å². The molecule has 0 unspecified atom stereocenters. The van der Waals surface area contributed by atoms with Gasteiger partial charge in [0.2, 0.25) is 0 Å². The fraction of sp³-hybridized carbons (Fsp3) is 0.444. The van der Waals surface area contributed by atoms with Crippen LogP contribution in [0.2, 0.25) is 0 Å². The first kappa shape index (κ1) is 22.3. The van der Waals surface area contributed by atoms with Crippen LogP contribution in [-0.2, 0) is 22.4 Å². The van der Waals surface area contributed by atoms with Crippen molar-refractivity contribution in [1.82, 2.24) is 0 Å². The van der Waals surface area contributed by atoms with Gasteiger partial charge in [-0.3, -0.25) is 0 Å². The van der Waals surface area contributed by atoms with Crippen molar-refractivity contribution >= 4 is 5.97 Å². The largest absolute Gasteiger partial charge is 0.463 e. The number of hydrogen-bond acceptors (Lipinski definition) is 3. The Balaban J connectivity index is 1.72. The molecule has 0 heterocycles. The van der Waals surface area contributed by atoms with Crippen LogP contribution in [0.15, 0.2) is 55.1 Å². The van der Waals surface area contributed by atoms with Crippen LogP contribution in [-0.4, -0.2) is 24.3 Å². The number of esters is 1. The van der Waals surface area contributed by atoms with Gasteiger partial charge in [0.25, 0.3) is 0 Å². The topological polar surface area (TPSA) is 46.5 Å². The summed E-state index contributed by atoms with van der Waals surface area (Å²) < 4.78 is 5.12. The second kappa shape index (κ2) is 11.7. The Kier molecular flexibility index (Phi) is 8.70. The molecule has 3 nitrogen and oxygen atoms in total. The molecule has 0 amide bonds. The highest BCUT2D eigenvalue weighted by Gasteiger charge is 2.15. The monoisotopic (exact) mass is 406 g/mol. The van der Waals surface area contributed by atoms with Crippen LogP contribution in [0.4, 0.5) is 0 Å². The normalized spacial score (nSPS) is 14.4. The number of aliphatic hydroxyl groups excluding tert-OH is 1. The van der Waals surface area contributed by atoms with Crippen molar-refractivity contribution in [2.24, 2.45) is 0 Å². The van der Waals surface area contributed by atoms with Gasteiger partial charge in [0, 0.05) is 12.7 Å². The van der Waals surface area contributed by atoms with Crippen molar-refractivity contribution in [3.05, 3.63) is 71.8 Å². The van der Waals surface area contributed by atoms with E-state index in [0.29, 0.717) is 6.61 Å². The van der Waals surface area contributed by atoms with E-state index in [4.69, 9.17) is 4.74 Å². The third-order valence-corrected chi connectivity index (χ3v) is 6.13. The predicted octanol–water partition coefficient (Wildman–Crippen LogP) is 5.99. The maximum absolute atomic E-state index is 11.2. The summed E-state index contributed by atoms with van der Waals surface area (Å²) in [5.41, 5.74) is 6.47. The first-order valence-corrected chi connectivity index (χ1v) is 11.3. The quantitative estimate of drug-likeness (QED) is 0.299. The summed E-state index contributed by atoms with van der Waals surface area (Å²) >= 11 is 0. The van der Waals surface area contributed by atoms with Crippen molar-refractivity contribution in [1.29, 1.82) is 0 Å². The molecule has 1 aliphatic carbocycles. The molecule has 3 heteroatoms. The zero-order valence-electron chi connectivity index (χ0n) is 17.9. The number of aliphatic hydroxyl groups is 1. The van der Waals surface area contributed by atoms with Crippen LogP contribution in [0.25, 0.3) is 11.1 Å². The zero-order chi connectivity index (χ0) is 21.2. The number of carbonyl (C=O) groups excluding carboxylic acids is 1. The molecule has 2 aromatic carbocycles. The van der Waals surface area contributed by atoms with Crippen molar-refractivity contribution in [3.63, 3.8) is 0 Å². The van der Waals surface area contributed by atoms with Gasteiger partial charge in [0.05, 0.1) is 6.61 Å². The molecule has 160 valence electrons. The van der Waals surface area contributed by atoms with Crippen LogP contribution >= 0.6 is 0 Å². The molecule has 0 bridgehead atoms. The predicted molar refractivity (Wildman–Crippen MR) is 123 cm³/mol. The fourth-order valence-electron chi connectivity index (χ4n) is 4.43. The lowest BCUT2D eigenvalue weighted by Crippen LogP contribution is -2.05. The molecule has 0 aromatic heterocycles. The van der Waals surface area contributed by atoms with Crippen molar-refractivity contribution < 1.29 is 14.6 Å². The van der Waals surface area contributed by atoms with Crippen LogP contribution in [0, 0.1) is 0 Å². The first-order chi connectivity index (χ1) is 14.7. The lowest BCUT2D eigenvalue weighted by molar-refractivity contribution is -0.137. The Morgan fingerprint density at radius 1 is 0.967 bits per heavy atom. The summed E-state index contributed by atoms with van der Waals surface area (Å²) in [5, 5.41) is 9.22. The number of ether oxygens (including phenoxy) is 1. The van der Waals surface area contributed by atoms with Gasteiger partial charge < -0.3 is 9.84 Å². The molecule has 0 spiro atoms. The second-order valence-electron chi connectivity index (χ2n) is 8.24. The van der Waals surface area contributed by atoms with E-state index in [1.807, 2.05) is 0 Å². The Hall–Kier alpha value is -2.39. The summed E-state index contributed by atoms with van der Waals surface area (Å²) in [6.45, 7) is 4.02. The van der Waals surface area contributed by atoms with Gasteiger partial charge in [-0.25, -0.2) is 4.79 Å². The molecule has 1 saturated carbocycles. The number of aryl methyl sites for hydroxylation is 2. The summed E-state index contributed by atoms with van der Waals surface area (Å²) in [4.78, 5) is 11.2. The molecule has 0 atom stereocenters. The van der Waals surface area contributed by atoms with E-state index in [-0.39, 0.29) is 12.6 Å². The van der Waals surface area contributed by atoms with Gasteiger partial charge in [0.15, 0.2) is 0 Å². The lowest BCUT2D eigenvalue weighted by atomic mass is 9.83. The highest BCUT2D eigenvalue weighted by Crippen LogP contribution is 2.34. The third-order valence-electron chi connectivity index (χ3n) is 6.13. The third kappa shape index (κ3) is 6.30. The number of hydrogen-bond donors (Lipinski definition) is 1. The minimum atomic E-state index is -0.373. The molecule has 0 radical (unpaired) electrons. The maximum atomic E-state index is 11.2. The summed E-state index contributed by atoms with van der Waals surface area (Å²) in [6.07, 6.45) is 11.2. The highest BCUT2D eigenvalue weighted by molar-refractivity contribution is 5.81. The second-order valence-corrected chi connectivity index (χ2v) is 8.24. The lowest BCUT2D eigenvalue weighted by Gasteiger charge is -2.22. The number of benzene rings is 2. The average Bonchev–Trinajstić information content (AvgIpc) is 2.81. The van der Waals surface area contributed by atoms with E-state index in [0.717, 1.165) is 31.6 Å². The molecule has 30 heavy (non-hydrogen) atoms. The number of carbonyl (C=O) groups is 1. The average molecular weight is 407 g/mol. The molecule has 1 N–H and O–H groups in total. The van der Waals surface area contributed by atoms with E-state index in [1.165, 1.54) is 66.0 Å². The Bertz CT molecular complexity index is 817. The minimum Gasteiger partial charge on any atom is -0.463 e. The van der Waals surface area contributed by atoms with Crippen molar-refractivity contribution in [3.8, 4) is 11.1 Å². The number of rotatable bonds is 10. The smallest absolute Gasteiger partial charge is 0.330 e. The minimum absolute atomic E-state index is 0.195. The summed E-state index contributed by atoms with van der Waals surface area (Å²) in [5.74, 6) is 0.352. The SMILES string of the molecule is C=CC(=O)OCCCc1cc(-c2ccc(C3CCCCC3)cc2)ccc1CCCO. The Labute approximate surface area is 180 Å². The highest BCUT2D eigenvalue weighted by atomic mass is 16.5. The molecule has 0 saturated heterocycles. The molecule has 2 aromatic rings. The van der Waals surface area contributed by atoms with Crippen LogP contribution in [0.5, 0.6) is 0 Å². The van der Waals surface area contributed by atoms with E-state index in [2.05, 4.69) is 49.0 Å². The molecule has 3 rings (SSSR count). The Morgan fingerprint density at radius 2 is 1.67 bits per heavy atom. The van der Waals surface area contributed by atoms with E-state index in [9.17, 15) is 9.90 Å². The van der Waals surface area contributed by atoms with Gasteiger partial charge in [-0.05, 0) is 72.3 Å². The van der Waals surface area contributed by atoms with Gasteiger partial charge in [-0.1, -0.05) is 68.3 Å².